The number of aliphatic hydroxyl groups excluding tert-OH is 1. The second-order valence-electron chi connectivity index (χ2n) is 10.9. The van der Waals surface area contributed by atoms with Crippen LogP contribution in [0.4, 0.5) is 0 Å². The van der Waals surface area contributed by atoms with Crippen LogP contribution < -0.4 is 4.74 Å². The number of ether oxygens (including phenoxy) is 2. The van der Waals surface area contributed by atoms with E-state index in [-0.39, 0.29) is 30.4 Å². The summed E-state index contributed by atoms with van der Waals surface area (Å²) in [6.07, 6.45) is 2.83. The van der Waals surface area contributed by atoms with Crippen LogP contribution in [0.15, 0.2) is 47.1 Å². The highest BCUT2D eigenvalue weighted by atomic mass is 16.5. The van der Waals surface area contributed by atoms with Crippen LogP contribution in [-0.4, -0.2) is 80.8 Å². The van der Waals surface area contributed by atoms with Crippen LogP contribution in [0.5, 0.6) is 5.88 Å². The number of hydrogen-bond acceptors (Lipinski definition) is 8. The monoisotopic (exact) mass is 551 g/mol. The fourth-order valence-electron chi connectivity index (χ4n) is 5.58. The molecule has 0 bridgehead atoms. The van der Waals surface area contributed by atoms with E-state index in [0.29, 0.717) is 49.3 Å². The summed E-state index contributed by atoms with van der Waals surface area (Å²) in [5.41, 5.74) is 1.46. The molecule has 2 N–H and O–H groups in total. The highest BCUT2D eigenvalue weighted by Gasteiger charge is 2.42. The zero-order chi connectivity index (χ0) is 28.2. The molecule has 11 nitrogen and oxygen atoms in total. The number of piperidine rings is 1. The molecule has 40 heavy (non-hydrogen) atoms. The third-order valence-electron chi connectivity index (χ3n) is 7.65. The van der Waals surface area contributed by atoms with Gasteiger partial charge in [-0.2, -0.15) is 0 Å². The van der Waals surface area contributed by atoms with Crippen molar-refractivity contribution in [2.24, 2.45) is 5.92 Å². The number of rotatable bonds is 9. The molecule has 4 heterocycles. The maximum atomic E-state index is 13.8. The summed E-state index contributed by atoms with van der Waals surface area (Å²) in [4.78, 5) is 38.2. The Hall–Kier alpha value is -3.70. The molecule has 2 amide bonds. The van der Waals surface area contributed by atoms with Gasteiger partial charge in [-0.1, -0.05) is 44.2 Å². The number of carbonyl (C=O) groups excluding carboxylic acids is 2. The Morgan fingerprint density at radius 2 is 2.02 bits per heavy atom. The summed E-state index contributed by atoms with van der Waals surface area (Å²) in [6.45, 7) is 5.67. The quantitative estimate of drug-likeness (QED) is 0.414. The summed E-state index contributed by atoms with van der Waals surface area (Å²) in [5, 5.41) is 14.4. The lowest BCUT2D eigenvalue weighted by molar-refractivity contribution is -0.135. The number of H-pyrrole nitrogens is 1. The van der Waals surface area contributed by atoms with Gasteiger partial charge in [0, 0.05) is 32.1 Å². The van der Waals surface area contributed by atoms with Gasteiger partial charge >= 0.3 is 0 Å². The van der Waals surface area contributed by atoms with Crippen LogP contribution in [0, 0.1) is 5.92 Å². The Morgan fingerprint density at radius 1 is 1.23 bits per heavy atom. The number of aliphatic hydroxyl groups is 1. The largest absolute Gasteiger partial charge is 0.479 e. The highest BCUT2D eigenvalue weighted by Crippen LogP contribution is 2.37. The Bertz CT molecular complexity index is 1290. The molecule has 2 fully saturated rings. The van der Waals surface area contributed by atoms with Crippen LogP contribution in [0.2, 0.25) is 0 Å². The Morgan fingerprint density at radius 3 is 2.75 bits per heavy atom. The number of benzene rings is 1. The number of β-amino-alcohol motifs (C(OH)–C–C–N with tert-alkyl or cyclic N) is 1. The average Bonchev–Trinajstić information content (AvgIpc) is 3.72. The van der Waals surface area contributed by atoms with Gasteiger partial charge in [-0.15, -0.1) is 0 Å². The van der Waals surface area contributed by atoms with Crippen molar-refractivity contribution in [2.75, 3.05) is 26.7 Å². The number of aromatic amines is 1. The van der Waals surface area contributed by atoms with Gasteiger partial charge in [0.2, 0.25) is 5.91 Å². The molecule has 11 heteroatoms. The molecule has 5 rings (SSSR count). The van der Waals surface area contributed by atoms with E-state index in [1.807, 2.05) is 44.2 Å². The Kier molecular flexibility index (Phi) is 8.51. The molecule has 2 unspecified atom stereocenters. The maximum absolute atomic E-state index is 13.8. The summed E-state index contributed by atoms with van der Waals surface area (Å²) >= 11 is 0. The molecular formula is C29H37N5O6. The minimum atomic E-state index is -0.708. The maximum Gasteiger partial charge on any atom is 0.272 e. The molecular weight excluding hydrogens is 514 g/mol. The standard InChI is InChI=1S/C29H37N5O6/c1-18(2)26(24-13-25(38-3)32-40-24)29(37)34-15-20(35)12-23(34)27-30-14-22(31-27)28(36)33-11-7-10-21(16-33)39-17-19-8-5-4-6-9-19/h4-6,8-9,13-14,18,20-21,23,26,35H,7,10-12,15-17H2,1-3H3,(H,30,31)/t20-,21?,23+,26?/m1/s1. The number of aromatic nitrogens is 3. The number of nitrogens with zero attached hydrogens (tertiary/aromatic N) is 4. The number of methoxy groups -OCH3 is 1. The van der Waals surface area contributed by atoms with Crippen LogP contribution in [0.3, 0.4) is 0 Å². The Labute approximate surface area is 233 Å². The molecule has 0 spiro atoms. The van der Waals surface area contributed by atoms with Crippen molar-refractivity contribution in [2.45, 2.75) is 63.9 Å². The molecule has 1 aromatic carbocycles. The highest BCUT2D eigenvalue weighted by molar-refractivity contribution is 5.92. The van der Waals surface area contributed by atoms with E-state index in [1.54, 1.807) is 15.9 Å². The van der Waals surface area contributed by atoms with E-state index in [1.165, 1.54) is 13.3 Å². The van der Waals surface area contributed by atoms with E-state index in [0.717, 1.165) is 18.4 Å². The molecule has 0 radical (unpaired) electrons. The topological polar surface area (TPSA) is 134 Å². The van der Waals surface area contributed by atoms with Crippen LogP contribution in [0.1, 0.15) is 72.7 Å². The van der Waals surface area contributed by atoms with E-state index < -0.39 is 18.1 Å². The van der Waals surface area contributed by atoms with Gasteiger partial charge in [0.1, 0.15) is 17.4 Å². The first kappa shape index (κ1) is 27.9. The van der Waals surface area contributed by atoms with E-state index in [4.69, 9.17) is 14.0 Å². The van der Waals surface area contributed by atoms with E-state index >= 15 is 0 Å². The van der Waals surface area contributed by atoms with E-state index in [2.05, 4.69) is 15.1 Å². The second kappa shape index (κ2) is 12.2. The lowest BCUT2D eigenvalue weighted by atomic mass is 9.91. The predicted molar refractivity (Wildman–Crippen MR) is 144 cm³/mol. The number of carbonyl (C=O) groups is 2. The van der Waals surface area contributed by atoms with E-state index in [9.17, 15) is 14.7 Å². The fourth-order valence-corrected chi connectivity index (χ4v) is 5.58. The third-order valence-corrected chi connectivity index (χ3v) is 7.65. The SMILES string of the molecule is COc1cc(C(C(=O)N2C[C@H](O)C[C@H]2c2ncc(C(=O)N3CCCC(OCc4ccccc4)C3)[nH]2)C(C)C)on1. The third kappa shape index (κ3) is 6.05. The lowest BCUT2D eigenvalue weighted by Crippen LogP contribution is -2.43. The van der Waals surface area contributed by atoms with Crippen molar-refractivity contribution in [3.63, 3.8) is 0 Å². The van der Waals surface area contributed by atoms with Crippen molar-refractivity contribution in [1.82, 2.24) is 24.9 Å². The van der Waals surface area contributed by atoms with Crippen LogP contribution >= 0.6 is 0 Å². The normalized spacial score (nSPS) is 22.1. The number of hydrogen-bond donors (Lipinski definition) is 2. The van der Waals surface area contributed by atoms with Gasteiger partial charge in [-0.25, -0.2) is 4.98 Å². The molecule has 3 aromatic rings. The van der Waals surface area contributed by atoms with Gasteiger partial charge < -0.3 is 33.9 Å². The molecule has 2 aliphatic rings. The molecule has 2 saturated heterocycles. The van der Waals surface area contributed by atoms with Gasteiger partial charge in [0.05, 0.1) is 38.2 Å². The van der Waals surface area contributed by atoms with Crippen molar-refractivity contribution in [3.05, 3.63) is 65.4 Å². The number of amides is 2. The zero-order valence-corrected chi connectivity index (χ0v) is 23.2. The second-order valence-corrected chi connectivity index (χ2v) is 10.9. The van der Waals surface area contributed by atoms with Gasteiger partial charge in [0.15, 0.2) is 5.76 Å². The Balaban J connectivity index is 1.26. The summed E-state index contributed by atoms with van der Waals surface area (Å²) in [7, 11) is 1.48. The fraction of sp³-hybridized carbons (Fsp3) is 0.517. The first-order chi connectivity index (χ1) is 19.3. The molecule has 4 atom stereocenters. The molecule has 2 aliphatic heterocycles. The number of imidazole rings is 1. The smallest absolute Gasteiger partial charge is 0.272 e. The molecule has 214 valence electrons. The first-order valence-corrected chi connectivity index (χ1v) is 13.8. The molecule has 2 aromatic heterocycles. The predicted octanol–water partition coefficient (Wildman–Crippen LogP) is 3.30. The minimum Gasteiger partial charge on any atom is -0.479 e. The van der Waals surface area contributed by atoms with Gasteiger partial charge in [-0.3, -0.25) is 9.59 Å². The van der Waals surface area contributed by atoms with Crippen molar-refractivity contribution in [3.8, 4) is 5.88 Å². The minimum absolute atomic E-state index is 0.0407. The van der Waals surface area contributed by atoms with Crippen molar-refractivity contribution >= 4 is 11.8 Å². The number of nitrogens with one attached hydrogen (secondary N) is 1. The van der Waals surface area contributed by atoms with Crippen molar-refractivity contribution in [1.29, 1.82) is 0 Å². The molecule has 0 saturated carbocycles. The molecule has 0 aliphatic carbocycles. The van der Waals surface area contributed by atoms with Crippen molar-refractivity contribution < 1.29 is 28.7 Å². The van der Waals surface area contributed by atoms with Gasteiger partial charge in [-0.05, 0) is 29.5 Å². The van der Waals surface area contributed by atoms with Crippen LogP contribution in [0.25, 0.3) is 0 Å². The average molecular weight is 552 g/mol. The summed E-state index contributed by atoms with van der Waals surface area (Å²) in [6, 6.07) is 11.1. The summed E-state index contributed by atoms with van der Waals surface area (Å²) in [5.74, 6) is 0.119. The number of likely N-dealkylation sites (tertiary alicyclic amines) is 2. The summed E-state index contributed by atoms with van der Waals surface area (Å²) < 4.78 is 16.6. The first-order valence-electron chi connectivity index (χ1n) is 13.8. The van der Waals surface area contributed by atoms with Gasteiger partial charge in [0.25, 0.3) is 11.8 Å². The zero-order valence-electron chi connectivity index (χ0n) is 23.2. The lowest BCUT2D eigenvalue weighted by Gasteiger charge is -2.32. The van der Waals surface area contributed by atoms with Crippen LogP contribution in [-0.2, 0) is 16.1 Å².